The third-order valence-electron chi connectivity index (χ3n) is 10.7. The van der Waals surface area contributed by atoms with Crippen molar-refractivity contribution >= 4 is 41.0 Å². The highest BCUT2D eigenvalue weighted by Crippen LogP contribution is 2.59. The molecule has 53 heavy (non-hydrogen) atoms. The zero-order valence-electron chi connectivity index (χ0n) is 29.8. The van der Waals surface area contributed by atoms with Crippen LogP contribution in [0.4, 0.5) is 5.69 Å². The first-order valence-electron chi connectivity index (χ1n) is 18.1. The number of anilines is 1. The van der Waals surface area contributed by atoms with E-state index in [-0.39, 0.29) is 25.3 Å². The molecule has 3 aliphatic rings. The first-order chi connectivity index (χ1) is 25.6. The Labute approximate surface area is 315 Å². The number of halogens is 1. The molecule has 3 aromatic carbocycles. The predicted molar refractivity (Wildman–Crippen MR) is 202 cm³/mol. The fourth-order valence-corrected chi connectivity index (χ4v) is 8.60. The molecule has 6 rings (SSSR count). The maximum atomic E-state index is 15.0. The molecule has 3 saturated heterocycles. The number of hydrogen-bond donors (Lipinski definition) is 2. The van der Waals surface area contributed by atoms with Gasteiger partial charge in [-0.15, -0.1) is 13.2 Å². The number of nitrogens with zero attached hydrogens (tertiary/aromatic N) is 2. The van der Waals surface area contributed by atoms with Crippen LogP contribution in [-0.2, 0) is 35.1 Å². The van der Waals surface area contributed by atoms with Gasteiger partial charge in [-0.3, -0.25) is 19.2 Å². The van der Waals surface area contributed by atoms with E-state index in [1.54, 1.807) is 43.3 Å². The number of para-hydroxylation sites is 1. The Morgan fingerprint density at radius 1 is 1.06 bits per heavy atom. The molecule has 0 aromatic heterocycles. The third kappa shape index (κ3) is 7.40. The molecule has 1 spiro atoms. The fourth-order valence-electron chi connectivity index (χ4n) is 8.36. The summed E-state index contributed by atoms with van der Waals surface area (Å²) >= 11 is 6.63. The number of carbonyl (C=O) groups is 4. The van der Waals surface area contributed by atoms with Gasteiger partial charge in [-0.1, -0.05) is 96.5 Å². The Kier molecular flexibility index (Phi) is 11.8. The average Bonchev–Trinajstić information content (AvgIpc) is 3.82. The van der Waals surface area contributed by atoms with Gasteiger partial charge in [-0.25, -0.2) is 0 Å². The predicted octanol–water partition coefficient (Wildman–Crippen LogP) is 5.59. The van der Waals surface area contributed by atoms with E-state index in [9.17, 15) is 19.5 Å². The number of fused-ring (bicyclic) bond motifs is 1. The molecule has 2 bridgehead atoms. The van der Waals surface area contributed by atoms with E-state index < -0.39 is 72.2 Å². The van der Waals surface area contributed by atoms with E-state index in [0.29, 0.717) is 35.5 Å². The summed E-state index contributed by atoms with van der Waals surface area (Å²) in [4.78, 5) is 60.2. The molecule has 8 atom stereocenters. The van der Waals surface area contributed by atoms with Gasteiger partial charge in [0.15, 0.2) is 0 Å². The number of rotatable bonds is 16. The second-order valence-corrected chi connectivity index (χ2v) is 14.4. The van der Waals surface area contributed by atoms with Crippen molar-refractivity contribution in [3.05, 3.63) is 126 Å². The van der Waals surface area contributed by atoms with Crippen LogP contribution in [0.3, 0.4) is 0 Å². The molecule has 0 aliphatic carbocycles. The van der Waals surface area contributed by atoms with E-state index in [0.717, 1.165) is 5.56 Å². The number of hydrogen-bond acceptors (Lipinski definition) is 7. The molecular formula is C42H46ClN3O7. The van der Waals surface area contributed by atoms with Crippen LogP contribution in [0.5, 0.6) is 0 Å². The number of nitrogens with one attached hydrogen (secondary N) is 1. The van der Waals surface area contributed by atoms with Crippen LogP contribution < -0.4 is 10.2 Å². The molecular weight excluding hydrogens is 694 g/mol. The molecule has 10 nitrogen and oxygen atoms in total. The summed E-state index contributed by atoms with van der Waals surface area (Å²) in [5.41, 5.74) is 0.602. The quantitative estimate of drug-likeness (QED) is 0.145. The summed E-state index contributed by atoms with van der Waals surface area (Å²) in [6, 6.07) is 22.9. The Hall–Kier alpha value is -4.77. The van der Waals surface area contributed by atoms with Crippen LogP contribution in [0.1, 0.15) is 49.8 Å². The monoisotopic (exact) mass is 739 g/mol. The van der Waals surface area contributed by atoms with E-state index >= 15 is 4.79 Å². The summed E-state index contributed by atoms with van der Waals surface area (Å²) in [5.74, 6) is -3.86. The van der Waals surface area contributed by atoms with Crippen LogP contribution in [0.25, 0.3) is 0 Å². The Bertz CT molecular complexity index is 1820. The minimum Gasteiger partial charge on any atom is -0.455 e. The van der Waals surface area contributed by atoms with Gasteiger partial charge >= 0.3 is 5.97 Å². The fraction of sp³-hybridized carbons (Fsp3) is 0.381. The van der Waals surface area contributed by atoms with E-state index in [1.807, 2.05) is 60.7 Å². The van der Waals surface area contributed by atoms with Crippen LogP contribution in [0.15, 0.2) is 110 Å². The topological polar surface area (TPSA) is 125 Å². The van der Waals surface area contributed by atoms with Crippen molar-refractivity contribution in [2.75, 3.05) is 18.1 Å². The first-order valence-corrected chi connectivity index (χ1v) is 18.5. The van der Waals surface area contributed by atoms with Crippen molar-refractivity contribution in [1.29, 1.82) is 0 Å². The van der Waals surface area contributed by atoms with Crippen LogP contribution in [0.2, 0.25) is 5.02 Å². The van der Waals surface area contributed by atoms with Gasteiger partial charge in [0, 0.05) is 13.0 Å². The minimum atomic E-state index is -1.37. The molecule has 0 unspecified atom stereocenters. The minimum absolute atomic E-state index is 0.0917. The van der Waals surface area contributed by atoms with Gasteiger partial charge in [-0.05, 0) is 55.9 Å². The summed E-state index contributed by atoms with van der Waals surface area (Å²) in [7, 11) is 0. The molecule has 11 heteroatoms. The number of amides is 3. The molecule has 0 saturated carbocycles. The summed E-state index contributed by atoms with van der Waals surface area (Å²) in [5, 5.41) is 14.2. The number of likely N-dealkylation sites (tertiary alicyclic amines) is 1. The van der Waals surface area contributed by atoms with Gasteiger partial charge in [0.2, 0.25) is 11.8 Å². The Morgan fingerprint density at radius 3 is 2.40 bits per heavy atom. The van der Waals surface area contributed by atoms with Gasteiger partial charge in [0.1, 0.15) is 17.7 Å². The van der Waals surface area contributed by atoms with Gasteiger partial charge in [0.05, 0.1) is 47.3 Å². The van der Waals surface area contributed by atoms with Crippen LogP contribution in [-0.4, -0.2) is 76.7 Å². The maximum absolute atomic E-state index is 15.0. The smallest absolute Gasteiger partial charge is 0.313 e. The standard InChI is InChI=1S/C42H46ClN3O7/c1-4-6-21-34(48)44-27(3)37(29-17-11-8-12-18-29)52-41(51)35-33-22-23-42(53-33)36(35)39(49)46(30(26-47)25-28-15-9-7-10-16-28)38(42)40(50)45(24-5-2)32-20-14-13-19-31(32)43/h4-5,7-20,27,30,33,35-38,47H,1-2,6,21-26H2,3H3,(H,44,48)/t27-,30+,33-,35+,36+,37-,38-,42+/m0/s1. The number of aliphatic hydroxyl groups is 1. The molecule has 3 aliphatic heterocycles. The van der Waals surface area contributed by atoms with Crippen molar-refractivity contribution in [2.45, 2.75) is 75.0 Å². The molecule has 278 valence electrons. The highest BCUT2D eigenvalue weighted by atomic mass is 35.5. The zero-order chi connectivity index (χ0) is 37.7. The van der Waals surface area contributed by atoms with Gasteiger partial charge in [-0.2, -0.15) is 0 Å². The highest BCUT2D eigenvalue weighted by molar-refractivity contribution is 6.34. The third-order valence-corrected chi connectivity index (χ3v) is 11.0. The van der Waals surface area contributed by atoms with Crippen molar-refractivity contribution in [2.24, 2.45) is 11.8 Å². The molecule has 0 radical (unpaired) electrons. The van der Waals surface area contributed by atoms with Crippen LogP contribution in [0, 0.1) is 11.8 Å². The van der Waals surface area contributed by atoms with Gasteiger partial charge < -0.3 is 29.7 Å². The number of ether oxygens (including phenoxy) is 2. The van der Waals surface area contributed by atoms with E-state index in [2.05, 4.69) is 18.5 Å². The largest absolute Gasteiger partial charge is 0.455 e. The molecule has 2 N–H and O–H groups in total. The Balaban J connectivity index is 1.38. The SMILES string of the molecule is C=CCCC(=O)N[C@@H](C)[C@H](OC(=O)[C@@H]1[C@@H]2CC[C@]3(O2)[C@H](C(=O)N(CC=C)c2ccccc2Cl)N([C@@H](CO)Cc2ccccc2)C(=O)[C@@H]13)c1ccccc1. The normalized spacial score (nSPS) is 24.5. The van der Waals surface area contributed by atoms with E-state index in [4.69, 9.17) is 21.1 Å². The second kappa shape index (κ2) is 16.5. The summed E-state index contributed by atoms with van der Waals surface area (Å²) < 4.78 is 13.0. The zero-order valence-corrected chi connectivity index (χ0v) is 30.6. The maximum Gasteiger partial charge on any atom is 0.313 e. The van der Waals surface area contributed by atoms with Crippen molar-refractivity contribution in [3.63, 3.8) is 0 Å². The number of benzene rings is 3. The van der Waals surface area contributed by atoms with Crippen LogP contribution >= 0.6 is 11.6 Å². The van der Waals surface area contributed by atoms with E-state index in [1.165, 1.54) is 9.80 Å². The van der Waals surface area contributed by atoms with Crippen molar-refractivity contribution in [3.8, 4) is 0 Å². The van der Waals surface area contributed by atoms with Crippen molar-refractivity contribution in [1.82, 2.24) is 10.2 Å². The molecule has 3 fully saturated rings. The number of carbonyl (C=O) groups excluding carboxylic acids is 4. The highest BCUT2D eigenvalue weighted by Gasteiger charge is 2.75. The van der Waals surface area contributed by atoms with Gasteiger partial charge in [0.25, 0.3) is 5.91 Å². The number of esters is 1. The molecule has 3 heterocycles. The second-order valence-electron chi connectivity index (χ2n) is 14.0. The molecule has 3 amide bonds. The lowest BCUT2D eigenvalue weighted by molar-refractivity contribution is -0.162. The lowest BCUT2D eigenvalue weighted by Crippen LogP contribution is -2.59. The lowest BCUT2D eigenvalue weighted by Gasteiger charge is -2.39. The average molecular weight is 740 g/mol. The Morgan fingerprint density at radius 2 is 1.74 bits per heavy atom. The van der Waals surface area contributed by atoms with Crippen molar-refractivity contribution < 1.29 is 33.8 Å². The molecule has 3 aromatic rings. The summed E-state index contributed by atoms with van der Waals surface area (Å²) in [6.07, 6.45) is 3.45. The lowest BCUT2D eigenvalue weighted by atomic mass is 9.70. The first kappa shape index (κ1) is 38.0. The summed E-state index contributed by atoms with van der Waals surface area (Å²) in [6.45, 7) is 8.99. The number of allylic oxidation sites excluding steroid dienone is 1. The number of aliphatic hydroxyl groups excluding tert-OH is 1.